The average Bonchev–Trinajstić information content (AvgIpc) is 2.65. The lowest BCUT2D eigenvalue weighted by atomic mass is 9.85. The number of imidazole rings is 1. The molecule has 0 fully saturated rings. The molecule has 0 spiro atoms. The monoisotopic (exact) mass is 261 g/mol. The smallest absolute Gasteiger partial charge is 0.203 e. The van der Waals surface area contributed by atoms with Gasteiger partial charge in [-0.1, -0.05) is 32.9 Å². The number of hydrogen-bond acceptors (Lipinski definition) is 3. The van der Waals surface area contributed by atoms with Crippen LogP contribution < -0.4 is 5.32 Å². The lowest BCUT2D eigenvalue weighted by molar-refractivity contribution is 0.234. The molecule has 0 amide bonds. The fourth-order valence-electron chi connectivity index (χ4n) is 2.28. The molecule has 1 unspecified atom stereocenters. The Morgan fingerprint density at radius 2 is 2.00 bits per heavy atom. The number of nitrogens with zero attached hydrogens (tertiary/aromatic N) is 2. The van der Waals surface area contributed by atoms with Crippen LogP contribution in [0.15, 0.2) is 24.3 Å². The quantitative estimate of drug-likeness (QED) is 0.889. The Kier molecular flexibility index (Phi) is 3.80. The zero-order valence-corrected chi connectivity index (χ0v) is 12.1. The largest absolute Gasteiger partial charge is 0.396 e. The molecule has 19 heavy (non-hydrogen) atoms. The predicted octanol–water partition coefficient (Wildman–Crippen LogP) is 2.78. The summed E-state index contributed by atoms with van der Waals surface area (Å²) >= 11 is 0. The zero-order valence-electron chi connectivity index (χ0n) is 12.1. The summed E-state index contributed by atoms with van der Waals surface area (Å²) in [6.45, 7) is 6.69. The van der Waals surface area contributed by atoms with E-state index in [4.69, 9.17) is 0 Å². The Balaban J connectivity index is 2.31. The maximum Gasteiger partial charge on any atom is 0.203 e. The number of para-hydroxylation sites is 2. The molecule has 104 valence electrons. The molecule has 1 atom stereocenters. The van der Waals surface area contributed by atoms with Crippen LogP contribution in [0.2, 0.25) is 0 Å². The minimum atomic E-state index is 0.0703. The van der Waals surface area contributed by atoms with E-state index in [1.165, 1.54) is 0 Å². The van der Waals surface area contributed by atoms with Crippen LogP contribution in [-0.2, 0) is 7.05 Å². The third-order valence-corrected chi connectivity index (χ3v) is 3.55. The van der Waals surface area contributed by atoms with Gasteiger partial charge in [-0.25, -0.2) is 4.98 Å². The molecule has 0 bridgehead atoms. The first-order chi connectivity index (χ1) is 8.93. The van der Waals surface area contributed by atoms with Crippen molar-refractivity contribution >= 4 is 17.0 Å². The van der Waals surface area contributed by atoms with Gasteiger partial charge < -0.3 is 15.0 Å². The van der Waals surface area contributed by atoms with Gasteiger partial charge in [0.2, 0.25) is 5.95 Å². The van der Waals surface area contributed by atoms with Gasteiger partial charge in [0, 0.05) is 19.7 Å². The standard InChI is InChI=1S/C15H23N3O/c1-15(2,3)13(9-10-19)17-14-16-11-7-5-6-8-12(11)18(14)4/h5-8,13,19H,9-10H2,1-4H3,(H,16,17). The van der Waals surface area contributed by atoms with Gasteiger partial charge in [-0.05, 0) is 24.0 Å². The van der Waals surface area contributed by atoms with Crippen molar-refractivity contribution in [2.45, 2.75) is 33.2 Å². The third kappa shape index (κ3) is 2.89. The second kappa shape index (κ2) is 5.21. The van der Waals surface area contributed by atoms with Gasteiger partial charge in [-0.2, -0.15) is 0 Å². The van der Waals surface area contributed by atoms with E-state index in [1.807, 2.05) is 25.2 Å². The average molecular weight is 261 g/mol. The number of aromatic nitrogens is 2. The Hall–Kier alpha value is -1.55. The topological polar surface area (TPSA) is 50.1 Å². The number of benzene rings is 1. The van der Waals surface area contributed by atoms with E-state index < -0.39 is 0 Å². The summed E-state index contributed by atoms with van der Waals surface area (Å²) in [7, 11) is 2.01. The normalized spacial score (nSPS) is 13.7. The fourth-order valence-corrected chi connectivity index (χ4v) is 2.28. The van der Waals surface area contributed by atoms with E-state index in [0.29, 0.717) is 6.42 Å². The molecule has 2 rings (SSSR count). The molecule has 0 radical (unpaired) electrons. The summed E-state index contributed by atoms with van der Waals surface area (Å²) < 4.78 is 2.06. The van der Waals surface area contributed by atoms with Gasteiger partial charge >= 0.3 is 0 Å². The highest BCUT2D eigenvalue weighted by atomic mass is 16.3. The molecule has 2 aromatic rings. The van der Waals surface area contributed by atoms with Crippen molar-refractivity contribution in [2.24, 2.45) is 12.5 Å². The summed E-state index contributed by atoms with van der Waals surface area (Å²) in [5.41, 5.74) is 2.17. The van der Waals surface area contributed by atoms with Crippen molar-refractivity contribution in [3.8, 4) is 0 Å². The number of fused-ring (bicyclic) bond motifs is 1. The van der Waals surface area contributed by atoms with Crippen LogP contribution in [0, 0.1) is 5.41 Å². The molecule has 0 saturated carbocycles. The molecule has 1 heterocycles. The van der Waals surface area contributed by atoms with E-state index in [-0.39, 0.29) is 18.1 Å². The second-order valence-electron chi connectivity index (χ2n) is 6.06. The Bertz CT molecular complexity index is 554. The number of anilines is 1. The summed E-state index contributed by atoms with van der Waals surface area (Å²) in [6, 6.07) is 8.27. The summed E-state index contributed by atoms with van der Waals surface area (Å²) in [4.78, 5) is 4.62. The Morgan fingerprint density at radius 1 is 1.32 bits per heavy atom. The predicted molar refractivity (Wildman–Crippen MR) is 79.3 cm³/mol. The number of aryl methyl sites for hydroxylation is 1. The van der Waals surface area contributed by atoms with Crippen LogP contribution in [0.3, 0.4) is 0 Å². The molecular formula is C15H23N3O. The van der Waals surface area contributed by atoms with Gasteiger partial charge in [0.25, 0.3) is 0 Å². The maximum absolute atomic E-state index is 9.22. The lowest BCUT2D eigenvalue weighted by Crippen LogP contribution is -2.35. The van der Waals surface area contributed by atoms with Gasteiger partial charge in [-0.15, -0.1) is 0 Å². The first kappa shape index (κ1) is 13.9. The summed E-state index contributed by atoms with van der Waals surface area (Å²) in [5, 5.41) is 12.7. The highest BCUT2D eigenvalue weighted by Gasteiger charge is 2.25. The van der Waals surface area contributed by atoms with Crippen molar-refractivity contribution in [3.05, 3.63) is 24.3 Å². The number of nitrogens with one attached hydrogen (secondary N) is 1. The van der Waals surface area contributed by atoms with E-state index in [1.54, 1.807) is 0 Å². The van der Waals surface area contributed by atoms with Crippen molar-refractivity contribution in [2.75, 3.05) is 11.9 Å². The van der Waals surface area contributed by atoms with Crippen molar-refractivity contribution in [1.82, 2.24) is 9.55 Å². The van der Waals surface area contributed by atoms with Crippen LogP contribution in [0.1, 0.15) is 27.2 Å². The fraction of sp³-hybridized carbons (Fsp3) is 0.533. The van der Waals surface area contributed by atoms with Crippen LogP contribution in [0.5, 0.6) is 0 Å². The summed E-state index contributed by atoms with van der Waals surface area (Å²) in [5.74, 6) is 0.856. The number of aliphatic hydroxyl groups is 1. The van der Waals surface area contributed by atoms with Gasteiger partial charge in [0.1, 0.15) is 0 Å². The first-order valence-electron chi connectivity index (χ1n) is 6.72. The van der Waals surface area contributed by atoms with Crippen LogP contribution in [-0.4, -0.2) is 27.3 Å². The molecular weight excluding hydrogens is 238 g/mol. The van der Waals surface area contributed by atoms with Crippen molar-refractivity contribution in [1.29, 1.82) is 0 Å². The van der Waals surface area contributed by atoms with E-state index in [2.05, 4.69) is 41.7 Å². The van der Waals surface area contributed by atoms with Crippen LogP contribution in [0.4, 0.5) is 5.95 Å². The van der Waals surface area contributed by atoms with Crippen LogP contribution >= 0.6 is 0 Å². The highest BCUT2D eigenvalue weighted by molar-refractivity contribution is 5.78. The lowest BCUT2D eigenvalue weighted by Gasteiger charge is -2.31. The molecule has 4 heteroatoms. The molecule has 2 N–H and O–H groups in total. The van der Waals surface area contributed by atoms with Crippen molar-refractivity contribution < 1.29 is 5.11 Å². The molecule has 1 aromatic carbocycles. The van der Waals surface area contributed by atoms with Gasteiger partial charge in [0.05, 0.1) is 11.0 Å². The Labute approximate surface area is 114 Å². The highest BCUT2D eigenvalue weighted by Crippen LogP contribution is 2.26. The molecule has 0 aliphatic heterocycles. The van der Waals surface area contributed by atoms with Gasteiger partial charge in [-0.3, -0.25) is 0 Å². The minimum Gasteiger partial charge on any atom is -0.396 e. The zero-order chi connectivity index (χ0) is 14.0. The molecule has 0 aliphatic rings. The number of rotatable bonds is 4. The number of hydrogen-bond donors (Lipinski definition) is 2. The number of aliphatic hydroxyl groups excluding tert-OH is 1. The molecule has 0 saturated heterocycles. The minimum absolute atomic E-state index is 0.0703. The van der Waals surface area contributed by atoms with Crippen LogP contribution in [0.25, 0.3) is 11.0 Å². The van der Waals surface area contributed by atoms with Crippen molar-refractivity contribution in [3.63, 3.8) is 0 Å². The SMILES string of the molecule is Cn1c(NC(CCO)C(C)(C)C)nc2ccccc21. The third-order valence-electron chi connectivity index (χ3n) is 3.55. The molecule has 4 nitrogen and oxygen atoms in total. The summed E-state index contributed by atoms with van der Waals surface area (Å²) in [6.07, 6.45) is 0.715. The van der Waals surface area contributed by atoms with E-state index in [9.17, 15) is 5.11 Å². The molecule has 1 aromatic heterocycles. The van der Waals surface area contributed by atoms with E-state index >= 15 is 0 Å². The Morgan fingerprint density at radius 3 is 2.58 bits per heavy atom. The maximum atomic E-state index is 9.22. The van der Waals surface area contributed by atoms with Gasteiger partial charge in [0.15, 0.2) is 0 Å². The molecule has 0 aliphatic carbocycles. The first-order valence-corrected chi connectivity index (χ1v) is 6.72. The van der Waals surface area contributed by atoms with E-state index in [0.717, 1.165) is 17.0 Å². The second-order valence-corrected chi connectivity index (χ2v) is 6.06.